The summed E-state index contributed by atoms with van der Waals surface area (Å²) in [6.45, 7) is 1.77. The van der Waals surface area contributed by atoms with E-state index in [0.29, 0.717) is 33.2 Å². The summed E-state index contributed by atoms with van der Waals surface area (Å²) < 4.78 is 6.60. The number of nitrogens with zero attached hydrogens (tertiary/aromatic N) is 3. The van der Waals surface area contributed by atoms with Crippen molar-refractivity contribution in [3.8, 4) is 11.4 Å². The minimum atomic E-state index is -0.447. The predicted molar refractivity (Wildman–Crippen MR) is 89.3 cm³/mol. The maximum Gasteiger partial charge on any atom is 0.267 e. The van der Waals surface area contributed by atoms with Crippen LogP contribution in [0.15, 0.2) is 41.5 Å². The Morgan fingerprint density at radius 3 is 2.83 bits per heavy atom. The van der Waals surface area contributed by atoms with Crippen molar-refractivity contribution in [2.24, 2.45) is 5.73 Å². The lowest BCUT2D eigenvalue weighted by molar-refractivity contribution is 0.412. The van der Waals surface area contributed by atoms with Crippen molar-refractivity contribution in [3.63, 3.8) is 0 Å². The SMILES string of the molecule is COc1cncc(-n2c(C(C)N)nc3cccc(Cl)c3c2=O)c1. The van der Waals surface area contributed by atoms with E-state index in [1.807, 2.05) is 0 Å². The van der Waals surface area contributed by atoms with E-state index in [1.165, 1.54) is 11.7 Å². The summed E-state index contributed by atoms with van der Waals surface area (Å²) in [5.41, 5.74) is 6.76. The van der Waals surface area contributed by atoms with Crippen LogP contribution in [0.25, 0.3) is 16.6 Å². The maximum atomic E-state index is 13.0. The normalized spacial score (nSPS) is 12.3. The number of ether oxygens (including phenoxy) is 1. The summed E-state index contributed by atoms with van der Waals surface area (Å²) in [4.78, 5) is 21.6. The van der Waals surface area contributed by atoms with Crippen LogP contribution < -0.4 is 16.0 Å². The van der Waals surface area contributed by atoms with Crippen LogP contribution in [-0.4, -0.2) is 21.6 Å². The molecule has 0 amide bonds. The second-order valence-corrected chi connectivity index (χ2v) is 5.52. The topological polar surface area (TPSA) is 83.0 Å². The van der Waals surface area contributed by atoms with Gasteiger partial charge in [-0.2, -0.15) is 0 Å². The molecule has 0 radical (unpaired) electrons. The van der Waals surface area contributed by atoms with Gasteiger partial charge < -0.3 is 10.5 Å². The molecule has 2 heterocycles. The van der Waals surface area contributed by atoms with Gasteiger partial charge in [0.15, 0.2) is 0 Å². The number of halogens is 1. The van der Waals surface area contributed by atoms with Crippen LogP contribution in [0.1, 0.15) is 18.8 Å². The van der Waals surface area contributed by atoms with E-state index in [-0.39, 0.29) is 5.56 Å². The number of hydrogen-bond acceptors (Lipinski definition) is 5. The molecule has 118 valence electrons. The Hall–Kier alpha value is -2.44. The quantitative estimate of drug-likeness (QED) is 0.797. The molecule has 3 rings (SSSR count). The summed E-state index contributed by atoms with van der Waals surface area (Å²) in [6.07, 6.45) is 3.11. The third kappa shape index (κ3) is 2.67. The minimum Gasteiger partial charge on any atom is -0.495 e. The van der Waals surface area contributed by atoms with Gasteiger partial charge in [0, 0.05) is 6.07 Å². The van der Waals surface area contributed by atoms with Crippen molar-refractivity contribution in [3.05, 3.63) is 57.9 Å². The molecule has 1 atom stereocenters. The van der Waals surface area contributed by atoms with Gasteiger partial charge in [0.05, 0.1) is 47.2 Å². The van der Waals surface area contributed by atoms with Crippen LogP contribution >= 0.6 is 11.6 Å². The van der Waals surface area contributed by atoms with Gasteiger partial charge in [-0.25, -0.2) is 4.98 Å². The highest BCUT2D eigenvalue weighted by Crippen LogP contribution is 2.23. The molecule has 0 aliphatic carbocycles. The molecule has 0 spiro atoms. The molecule has 0 aliphatic rings. The third-order valence-electron chi connectivity index (χ3n) is 3.47. The van der Waals surface area contributed by atoms with Gasteiger partial charge in [0.2, 0.25) is 0 Å². The number of methoxy groups -OCH3 is 1. The molecule has 0 saturated heterocycles. The number of fused-ring (bicyclic) bond motifs is 1. The largest absolute Gasteiger partial charge is 0.495 e. The summed E-state index contributed by atoms with van der Waals surface area (Å²) in [5.74, 6) is 0.962. The summed E-state index contributed by atoms with van der Waals surface area (Å²) in [7, 11) is 1.53. The van der Waals surface area contributed by atoms with E-state index < -0.39 is 6.04 Å². The highest BCUT2D eigenvalue weighted by Gasteiger charge is 2.17. The molecule has 6 nitrogen and oxygen atoms in total. The maximum absolute atomic E-state index is 13.0. The van der Waals surface area contributed by atoms with Gasteiger partial charge in [0.25, 0.3) is 5.56 Å². The first-order valence-electron chi connectivity index (χ1n) is 6.99. The van der Waals surface area contributed by atoms with Crippen molar-refractivity contribution in [1.82, 2.24) is 14.5 Å². The van der Waals surface area contributed by atoms with E-state index in [9.17, 15) is 4.79 Å². The molecule has 3 aromatic rings. The Kier molecular flexibility index (Phi) is 4.02. The number of pyridine rings is 1. The summed E-state index contributed by atoms with van der Waals surface area (Å²) in [5, 5.41) is 0.696. The number of benzene rings is 1. The monoisotopic (exact) mass is 330 g/mol. The minimum absolute atomic E-state index is 0.289. The van der Waals surface area contributed by atoms with Crippen LogP contribution in [0, 0.1) is 0 Å². The Bertz CT molecular complexity index is 937. The standard InChI is InChI=1S/C16H15ClN4O2/c1-9(18)15-20-13-5-3-4-12(17)14(13)16(22)21(15)10-6-11(23-2)8-19-7-10/h3-9H,18H2,1-2H3. The zero-order valence-electron chi connectivity index (χ0n) is 12.7. The van der Waals surface area contributed by atoms with Crippen LogP contribution in [0.5, 0.6) is 5.75 Å². The molecule has 7 heteroatoms. The van der Waals surface area contributed by atoms with Gasteiger partial charge in [-0.1, -0.05) is 17.7 Å². The zero-order valence-corrected chi connectivity index (χ0v) is 13.4. The van der Waals surface area contributed by atoms with E-state index in [1.54, 1.807) is 43.6 Å². The van der Waals surface area contributed by atoms with Crippen molar-refractivity contribution in [2.45, 2.75) is 13.0 Å². The summed E-state index contributed by atoms with van der Waals surface area (Å²) in [6, 6.07) is 6.40. The fraction of sp³-hybridized carbons (Fsp3) is 0.188. The van der Waals surface area contributed by atoms with Gasteiger partial charge in [-0.3, -0.25) is 14.3 Å². The highest BCUT2D eigenvalue weighted by molar-refractivity contribution is 6.35. The van der Waals surface area contributed by atoms with Crippen molar-refractivity contribution < 1.29 is 4.74 Å². The Balaban J connectivity index is 2.42. The number of rotatable bonds is 3. The van der Waals surface area contributed by atoms with Gasteiger partial charge >= 0.3 is 0 Å². The molecule has 1 aromatic carbocycles. The van der Waals surface area contributed by atoms with Gasteiger partial charge in [-0.15, -0.1) is 0 Å². The average Bonchev–Trinajstić information content (AvgIpc) is 2.54. The van der Waals surface area contributed by atoms with Crippen LogP contribution in [-0.2, 0) is 0 Å². The molecule has 23 heavy (non-hydrogen) atoms. The predicted octanol–water partition coefficient (Wildman–Crippen LogP) is 2.46. The fourth-order valence-electron chi connectivity index (χ4n) is 2.40. The molecule has 2 aromatic heterocycles. The van der Waals surface area contributed by atoms with E-state index in [2.05, 4.69) is 9.97 Å². The molecule has 0 saturated carbocycles. The van der Waals surface area contributed by atoms with Crippen LogP contribution in [0.3, 0.4) is 0 Å². The molecule has 1 unspecified atom stereocenters. The Morgan fingerprint density at radius 2 is 2.13 bits per heavy atom. The van der Waals surface area contributed by atoms with E-state index in [4.69, 9.17) is 22.1 Å². The lowest BCUT2D eigenvalue weighted by Gasteiger charge is -2.16. The second kappa shape index (κ2) is 5.98. The van der Waals surface area contributed by atoms with Gasteiger partial charge in [0.1, 0.15) is 11.6 Å². The Labute approximate surface area is 137 Å². The number of nitrogens with two attached hydrogens (primary N) is 1. The molecular formula is C16H15ClN4O2. The lowest BCUT2D eigenvalue weighted by Crippen LogP contribution is -2.27. The van der Waals surface area contributed by atoms with Crippen LogP contribution in [0.4, 0.5) is 0 Å². The zero-order chi connectivity index (χ0) is 16.6. The first-order valence-corrected chi connectivity index (χ1v) is 7.37. The number of aromatic nitrogens is 3. The van der Waals surface area contributed by atoms with Crippen molar-refractivity contribution in [2.75, 3.05) is 7.11 Å². The first-order chi connectivity index (χ1) is 11.0. The average molecular weight is 331 g/mol. The smallest absolute Gasteiger partial charge is 0.267 e. The van der Waals surface area contributed by atoms with Crippen molar-refractivity contribution >= 4 is 22.5 Å². The molecule has 0 aliphatic heterocycles. The number of hydrogen-bond donors (Lipinski definition) is 1. The lowest BCUT2D eigenvalue weighted by atomic mass is 10.2. The van der Waals surface area contributed by atoms with Crippen molar-refractivity contribution in [1.29, 1.82) is 0 Å². The van der Waals surface area contributed by atoms with Gasteiger partial charge in [-0.05, 0) is 19.1 Å². The van der Waals surface area contributed by atoms with E-state index >= 15 is 0 Å². The molecular weight excluding hydrogens is 316 g/mol. The third-order valence-corrected chi connectivity index (χ3v) is 3.79. The Morgan fingerprint density at radius 1 is 1.35 bits per heavy atom. The fourth-order valence-corrected chi connectivity index (χ4v) is 2.65. The molecule has 0 fully saturated rings. The van der Waals surface area contributed by atoms with E-state index in [0.717, 1.165) is 0 Å². The first kappa shape index (κ1) is 15.5. The second-order valence-electron chi connectivity index (χ2n) is 5.12. The highest BCUT2D eigenvalue weighted by atomic mass is 35.5. The molecule has 0 bridgehead atoms. The summed E-state index contributed by atoms with van der Waals surface area (Å²) >= 11 is 6.19. The van der Waals surface area contributed by atoms with Crippen LogP contribution in [0.2, 0.25) is 5.02 Å². The molecule has 2 N–H and O–H groups in total.